The molecular formula is C9H17. The average molecular weight is 125 g/mol. The molecule has 0 fully saturated rings. The van der Waals surface area contributed by atoms with Crippen LogP contribution in [0.15, 0.2) is 12.7 Å². The second-order valence-electron chi connectivity index (χ2n) is 2.61. The molecular weight excluding hydrogens is 108 g/mol. The fourth-order valence-electron chi connectivity index (χ4n) is 0.755. The van der Waals surface area contributed by atoms with Crippen LogP contribution in [0.2, 0.25) is 0 Å². The molecule has 9 heavy (non-hydrogen) atoms. The predicted octanol–water partition coefficient (Wildman–Crippen LogP) is 3.20. The summed E-state index contributed by atoms with van der Waals surface area (Å²) in [6.07, 6.45) is 6.78. The lowest BCUT2D eigenvalue weighted by atomic mass is 10.0. The van der Waals surface area contributed by atoms with Crippen molar-refractivity contribution in [2.75, 3.05) is 0 Å². The molecule has 0 bridgehead atoms. The molecule has 0 saturated heterocycles. The molecule has 0 aliphatic rings. The van der Waals surface area contributed by atoms with Gasteiger partial charge in [-0.05, 0) is 18.8 Å². The van der Waals surface area contributed by atoms with Crippen LogP contribution in [0.5, 0.6) is 0 Å². The zero-order chi connectivity index (χ0) is 7.11. The van der Waals surface area contributed by atoms with Crippen LogP contribution in [0.4, 0.5) is 0 Å². The normalized spacial score (nSPS) is 13.1. The van der Waals surface area contributed by atoms with E-state index in [4.69, 9.17) is 0 Å². The monoisotopic (exact) mass is 125 g/mol. The molecule has 53 valence electrons. The average Bonchev–Trinajstić information content (AvgIpc) is 1.89. The molecule has 0 aromatic rings. The summed E-state index contributed by atoms with van der Waals surface area (Å²) in [4.78, 5) is 0. The SMILES string of the molecule is [CH2]CC(C)CCCC=C. The third-order valence-corrected chi connectivity index (χ3v) is 1.60. The number of unbranched alkanes of at least 4 members (excludes halogenated alkanes) is 1. The minimum Gasteiger partial charge on any atom is -0.103 e. The number of hydrogen-bond acceptors (Lipinski definition) is 0. The molecule has 1 radical (unpaired) electrons. The van der Waals surface area contributed by atoms with Crippen LogP contribution in [-0.4, -0.2) is 0 Å². The molecule has 0 N–H and O–H groups in total. The van der Waals surface area contributed by atoms with Gasteiger partial charge >= 0.3 is 0 Å². The predicted molar refractivity (Wildman–Crippen MR) is 43.2 cm³/mol. The first-order chi connectivity index (χ1) is 4.31. The summed E-state index contributed by atoms with van der Waals surface area (Å²) in [7, 11) is 0. The third kappa shape index (κ3) is 5.61. The van der Waals surface area contributed by atoms with Crippen LogP contribution in [0.3, 0.4) is 0 Å². The summed E-state index contributed by atoms with van der Waals surface area (Å²) >= 11 is 0. The smallest absolute Gasteiger partial charge is 0.0353 e. The Hall–Kier alpha value is -0.260. The molecule has 0 aromatic carbocycles. The van der Waals surface area contributed by atoms with Gasteiger partial charge in [0.05, 0.1) is 0 Å². The highest BCUT2D eigenvalue weighted by Crippen LogP contribution is 2.10. The van der Waals surface area contributed by atoms with Crippen molar-refractivity contribution in [3.63, 3.8) is 0 Å². The summed E-state index contributed by atoms with van der Waals surface area (Å²) in [6.45, 7) is 9.75. The number of allylic oxidation sites excluding steroid dienone is 1. The lowest BCUT2D eigenvalue weighted by Gasteiger charge is -2.04. The Morgan fingerprint density at radius 1 is 1.56 bits per heavy atom. The van der Waals surface area contributed by atoms with E-state index in [1.54, 1.807) is 0 Å². The quantitative estimate of drug-likeness (QED) is 0.391. The van der Waals surface area contributed by atoms with Crippen molar-refractivity contribution in [3.05, 3.63) is 19.6 Å². The van der Waals surface area contributed by atoms with E-state index in [2.05, 4.69) is 20.4 Å². The van der Waals surface area contributed by atoms with Crippen LogP contribution in [-0.2, 0) is 0 Å². The van der Waals surface area contributed by atoms with E-state index >= 15 is 0 Å². The Kier molecular flexibility index (Phi) is 5.70. The van der Waals surface area contributed by atoms with Crippen molar-refractivity contribution in [2.45, 2.75) is 32.6 Å². The Labute approximate surface area is 59.0 Å². The van der Waals surface area contributed by atoms with E-state index in [0.717, 1.165) is 18.8 Å². The van der Waals surface area contributed by atoms with Gasteiger partial charge in [0.25, 0.3) is 0 Å². The Bertz CT molecular complexity index is 64.4. The van der Waals surface area contributed by atoms with Crippen molar-refractivity contribution < 1.29 is 0 Å². The van der Waals surface area contributed by atoms with Gasteiger partial charge in [0, 0.05) is 0 Å². The van der Waals surface area contributed by atoms with Crippen molar-refractivity contribution in [1.29, 1.82) is 0 Å². The van der Waals surface area contributed by atoms with Crippen molar-refractivity contribution >= 4 is 0 Å². The van der Waals surface area contributed by atoms with E-state index in [-0.39, 0.29) is 0 Å². The first-order valence-electron chi connectivity index (χ1n) is 3.71. The topological polar surface area (TPSA) is 0 Å². The highest BCUT2D eigenvalue weighted by molar-refractivity contribution is 4.66. The largest absolute Gasteiger partial charge is 0.103 e. The lowest BCUT2D eigenvalue weighted by molar-refractivity contribution is 0.518. The lowest BCUT2D eigenvalue weighted by Crippen LogP contribution is -1.90. The first kappa shape index (κ1) is 8.74. The van der Waals surface area contributed by atoms with E-state index < -0.39 is 0 Å². The number of rotatable bonds is 5. The van der Waals surface area contributed by atoms with Gasteiger partial charge in [-0.3, -0.25) is 0 Å². The fourth-order valence-corrected chi connectivity index (χ4v) is 0.755. The molecule has 0 aromatic heterocycles. The summed E-state index contributed by atoms with van der Waals surface area (Å²) in [5.74, 6) is 0.796. The van der Waals surface area contributed by atoms with E-state index in [1.807, 2.05) is 6.08 Å². The van der Waals surface area contributed by atoms with Gasteiger partial charge in [-0.1, -0.05) is 32.8 Å². The van der Waals surface area contributed by atoms with Crippen molar-refractivity contribution in [2.24, 2.45) is 5.92 Å². The first-order valence-corrected chi connectivity index (χ1v) is 3.71. The zero-order valence-corrected chi connectivity index (χ0v) is 6.40. The number of hydrogen-bond donors (Lipinski definition) is 0. The molecule has 0 nitrogen and oxygen atoms in total. The minimum atomic E-state index is 0.796. The van der Waals surface area contributed by atoms with Crippen LogP contribution >= 0.6 is 0 Å². The van der Waals surface area contributed by atoms with Crippen LogP contribution < -0.4 is 0 Å². The fraction of sp³-hybridized carbons (Fsp3) is 0.667. The summed E-state index contributed by atoms with van der Waals surface area (Å²) in [5.41, 5.74) is 0. The van der Waals surface area contributed by atoms with Gasteiger partial charge < -0.3 is 0 Å². The Balaban J connectivity index is 2.96. The van der Waals surface area contributed by atoms with Gasteiger partial charge in [-0.15, -0.1) is 6.58 Å². The molecule has 0 spiro atoms. The summed E-state index contributed by atoms with van der Waals surface area (Å²) < 4.78 is 0. The maximum absolute atomic E-state index is 3.84. The van der Waals surface area contributed by atoms with Crippen LogP contribution in [0.25, 0.3) is 0 Å². The minimum absolute atomic E-state index is 0.796. The van der Waals surface area contributed by atoms with E-state index in [1.165, 1.54) is 12.8 Å². The summed E-state index contributed by atoms with van der Waals surface area (Å²) in [6, 6.07) is 0. The van der Waals surface area contributed by atoms with E-state index in [0.29, 0.717) is 0 Å². The second kappa shape index (κ2) is 5.87. The Morgan fingerprint density at radius 3 is 2.67 bits per heavy atom. The third-order valence-electron chi connectivity index (χ3n) is 1.60. The molecule has 0 aliphatic carbocycles. The maximum atomic E-state index is 3.84. The molecule has 1 atom stereocenters. The molecule has 0 saturated carbocycles. The van der Waals surface area contributed by atoms with Crippen LogP contribution in [0, 0.1) is 12.8 Å². The highest BCUT2D eigenvalue weighted by atomic mass is 14.0. The van der Waals surface area contributed by atoms with Gasteiger partial charge in [0.15, 0.2) is 0 Å². The molecule has 0 amide bonds. The standard InChI is InChI=1S/C9H17/c1-4-6-7-8-9(3)5-2/h4,9H,1-2,5-8H2,3H3. The van der Waals surface area contributed by atoms with Crippen molar-refractivity contribution in [3.8, 4) is 0 Å². The van der Waals surface area contributed by atoms with Gasteiger partial charge in [-0.2, -0.15) is 0 Å². The molecule has 1 unspecified atom stereocenters. The molecule has 0 rings (SSSR count). The van der Waals surface area contributed by atoms with Crippen LogP contribution in [0.1, 0.15) is 32.6 Å². The molecule has 0 heteroatoms. The van der Waals surface area contributed by atoms with Gasteiger partial charge in [-0.25, -0.2) is 0 Å². The molecule has 0 heterocycles. The maximum Gasteiger partial charge on any atom is -0.0353 e. The highest BCUT2D eigenvalue weighted by Gasteiger charge is 1.95. The van der Waals surface area contributed by atoms with Crippen molar-refractivity contribution in [1.82, 2.24) is 0 Å². The van der Waals surface area contributed by atoms with Gasteiger partial charge in [0.1, 0.15) is 0 Å². The second-order valence-corrected chi connectivity index (χ2v) is 2.61. The van der Waals surface area contributed by atoms with Gasteiger partial charge in [0.2, 0.25) is 0 Å². The summed E-state index contributed by atoms with van der Waals surface area (Å²) in [5, 5.41) is 0. The Morgan fingerprint density at radius 2 is 2.22 bits per heavy atom. The van der Waals surface area contributed by atoms with E-state index in [9.17, 15) is 0 Å². The molecule has 0 aliphatic heterocycles. The zero-order valence-electron chi connectivity index (χ0n) is 6.40.